The minimum absolute atomic E-state index is 0.00455. The van der Waals surface area contributed by atoms with Crippen molar-refractivity contribution in [3.05, 3.63) is 59.8 Å². The number of nitrogens with one attached hydrogen (secondary N) is 2. The Labute approximate surface area is 232 Å². The van der Waals surface area contributed by atoms with Gasteiger partial charge in [-0.15, -0.1) is 0 Å². The summed E-state index contributed by atoms with van der Waals surface area (Å²) in [4.78, 5) is 30.7. The zero-order valence-electron chi connectivity index (χ0n) is 23.4. The topological polar surface area (TPSA) is 114 Å². The van der Waals surface area contributed by atoms with Crippen LogP contribution in [0.1, 0.15) is 68.6 Å². The van der Waals surface area contributed by atoms with E-state index in [1.807, 2.05) is 37.3 Å². The standard InChI is InChI=1S/C30H41N3O5S/c1-6-10-24(38-25-16-22(7-2)30(31-5)32-17-25)13-14-27(26-12-9-8-11-20(26)3)29(35)21(4)15-28(34)33-23-18-39(36,37)19-23/h7-9,11-12,16-17,21,23-24,27H,2,6,10,13-15,18-19H2,1,3-5H3,(H,31,32)(H,33,34). The van der Waals surface area contributed by atoms with Gasteiger partial charge in [0.15, 0.2) is 9.84 Å². The molecule has 0 radical (unpaired) electrons. The number of nitrogens with zero attached hydrogens (tertiary/aromatic N) is 1. The highest BCUT2D eigenvalue weighted by Gasteiger charge is 2.35. The van der Waals surface area contributed by atoms with Crippen molar-refractivity contribution >= 4 is 33.4 Å². The van der Waals surface area contributed by atoms with Crippen LogP contribution >= 0.6 is 0 Å². The average Bonchev–Trinajstić information content (AvgIpc) is 2.88. The molecule has 9 heteroatoms. The molecule has 3 rings (SSSR count). The van der Waals surface area contributed by atoms with Crippen LogP contribution in [0.3, 0.4) is 0 Å². The first-order chi connectivity index (χ1) is 18.6. The molecular weight excluding hydrogens is 514 g/mol. The first kappa shape index (κ1) is 30.3. The molecule has 3 atom stereocenters. The zero-order valence-corrected chi connectivity index (χ0v) is 24.2. The van der Waals surface area contributed by atoms with E-state index in [0.29, 0.717) is 18.6 Å². The minimum Gasteiger partial charge on any atom is -0.489 e. The molecule has 0 bridgehead atoms. The molecule has 1 amide bonds. The van der Waals surface area contributed by atoms with Crippen molar-refractivity contribution in [3.63, 3.8) is 0 Å². The van der Waals surface area contributed by atoms with Crippen LogP contribution < -0.4 is 15.4 Å². The minimum atomic E-state index is -3.03. The van der Waals surface area contributed by atoms with E-state index in [2.05, 4.69) is 29.1 Å². The predicted molar refractivity (Wildman–Crippen MR) is 156 cm³/mol. The highest BCUT2D eigenvalue weighted by Crippen LogP contribution is 2.31. The lowest BCUT2D eigenvalue weighted by Crippen LogP contribution is -2.53. The van der Waals surface area contributed by atoms with Crippen molar-refractivity contribution in [1.29, 1.82) is 0 Å². The third-order valence-electron chi connectivity index (χ3n) is 7.20. The highest BCUT2D eigenvalue weighted by molar-refractivity contribution is 7.92. The molecule has 3 unspecified atom stereocenters. The summed E-state index contributed by atoms with van der Waals surface area (Å²) in [5.74, 6) is 0.142. The number of hydrogen-bond acceptors (Lipinski definition) is 7. The Morgan fingerprint density at radius 2 is 1.92 bits per heavy atom. The van der Waals surface area contributed by atoms with Gasteiger partial charge in [-0.05, 0) is 43.4 Å². The molecule has 0 spiro atoms. The summed E-state index contributed by atoms with van der Waals surface area (Å²) < 4.78 is 29.2. The fourth-order valence-electron chi connectivity index (χ4n) is 5.10. The van der Waals surface area contributed by atoms with E-state index in [1.165, 1.54) is 0 Å². The Morgan fingerprint density at radius 3 is 2.54 bits per heavy atom. The number of amides is 1. The third kappa shape index (κ3) is 8.39. The van der Waals surface area contributed by atoms with E-state index in [0.717, 1.165) is 35.3 Å². The van der Waals surface area contributed by atoms with Crippen molar-refractivity contribution in [2.45, 2.75) is 70.9 Å². The number of anilines is 1. The van der Waals surface area contributed by atoms with Gasteiger partial charge in [-0.2, -0.15) is 0 Å². The second kappa shape index (κ2) is 13.7. The summed E-state index contributed by atoms with van der Waals surface area (Å²) in [6, 6.07) is 9.41. The van der Waals surface area contributed by atoms with Gasteiger partial charge in [-0.3, -0.25) is 9.59 Å². The number of aryl methyl sites for hydroxylation is 1. The van der Waals surface area contributed by atoms with Crippen molar-refractivity contribution < 1.29 is 22.7 Å². The number of carbonyl (C=O) groups excluding carboxylic acids is 2. The first-order valence-corrected chi connectivity index (χ1v) is 15.4. The van der Waals surface area contributed by atoms with Crippen molar-refractivity contribution in [1.82, 2.24) is 10.3 Å². The molecule has 212 valence electrons. The van der Waals surface area contributed by atoms with Gasteiger partial charge < -0.3 is 15.4 Å². The second-order valence-corrected chi connectivity index (χ2v) is 12.6. The molecule has 0 aliphatic carbocycles. The Bertz CT molecular complexity index is 1270. The summed E-state index contributed by atoms with van der Waals surface area (Å²) in [6.45, 7) is 9.73. The highest BCUT2D eigenvalue weighted by atomic mass is 32.2. The molecule has 1 aliphatic heterocycles. The number of rotatable bonds is 15. The van der Waals surface area contributed by atoms with Gasteiger partial charge in [0.25, 0.3) is 0 Å². The maximum absolute atomic E-state index is 13.7. The quantitative estimate of drug-likeness (QED) is 0.328. The van der Waals surface area contributed by atoms with E-state index < -0.39 is 15.8 Å². The summed E-state index contributed by atoms with van der Waals surface area (Å²) in [6.07, 6.45) is 6.35. The number of benzene rings is 1. The molecule has 8 nitrogen and oxygen atoms in total. The smallest absolute Gasteiger partial charge is 0.220 e. The number of hydrogen-bond donors (Lipinski definition) is 2. The van der Waals surface area contributed by atoms with Gasteiger partial charge in [0.1, 0.15) is 17.4 Å². The van der Waals surface area contributed by atoms with Crippen LogP contribution in [0.5, 0.6) is 5.75 Å². The van der Waals surface area contributed by atoms with Gasteiger partial charge in [-0.1, -0.05) is 57.2 Å². The molecule has 1 aromatic carbocycles. The number of sulfone groups is 1. The fourth-order valence-corrected chi connectivity index (χ4v) is 6.40. The Hall–Kier alpha value is -3.20. The third-order valence-corrected chi connectivity index (χ3v) is 9.02. The summed E-state index contributed by atoms with van der Waals surface area (Å²) in [5, 5.41) is 5.79. The van der Waals surface area contributed by atoms with Gasteiger partial charge in [-0.25, -0.2) is 13.4 Å². The number of carbonyl (C=O) groups is 2. The van der Waals surface area contributed by atoms with Crippen LogP contribution in [0.15, 0.2) is 43.1 Å². The number of ketones is 1. The van der Waals surface area contributed by atoms with E-state index in [9.17, 15) is 18.0 Å². The molecule has 1 aliphatic rings. The Balaban J connectivity index is 1.72. The van der Waals surface area contributed by atoms with Gasteiger partial charge in [0, 0.05) is 30.9 Å². The van der Waals surface area contributed by atoms with Gasteiger partial charge in [0.05, 0.1) is 29.8 Å². The van der Waals surface area contributed by atoms with E-state index in [4.69, 9.17) is 4.74 Å². The molecular formula is C30H41N3O5S. The van der Waals surface area contributed by atoms with Crippen LogP contribution in [0.25, 0.3) is 6.08 Å². The molecule has 0 saturated carbocycles. The van der Waals surface area contributed by atoms with E-state index in [1.54, 1.807) is 26.2 Å². The van der Waals surface area contributed by atoms with E-state index in [-0.39, 0.29) is 47.7 Å². The van der Waals surface area contributed by atoms with Gasteiger partial charge in [0.2, 0.25) is 5.91 Å². The van der Waals surface area contributed by atoms with Crippen LogP contribution in [0, 0.1) is 12.8 Å². The van der Waals surface area contributed by atoms with Crippen molar-refractivity contribution in [2.24, 2.45) is 5.92 Å². The lowest BCUT2D eigenvalue weighted by atomic mass is 9.81. The Kier molecular flexibility index (Phi) is 10.7. The van der Waals surface area contributed by atoms with Crippen LogP contribution in [-0.2, 0) is 19.4 Å². The van der Waals surface area contributed by atoms with Crippen LogP contribution in [0.2, 0.25) is 0 Å². The summed E-state index contributed by atoms with van der Waals surface area (Å²) >= 11 is 0. The SMILES string of the molecule is C=Cc1cc(OC(CCC)CCC(C(=O)C(C)CC(=O)NC2CS(=O)(=O)C2)c2ccccc2C)cnc1NC. The normalized spacial score (nSPS) is 16.8. The largest absolute Gasteiger partial charge is 0.489 e. The summed E-state index contributed by atoms with van der Waals surface area (Å²) in [7, 11) is -1.22. The average molecular weight is 556 g/mol. The molecule has 1 fully saturated rings. The Morgan fingerprint density at radius 1 is 1.21 bits per heavy atom. The van der Waals surface area contributed by atoms with E-state index >= 15 is 0 Å². The zero-order chi connectivity index (χ0) is 28.6. The second-order valence-electron chi connectivity index (χ2n) is 10.4. The number of aromatic nitrogens is 1. The molecule has 1 aromatic heterocycles. The van der Waals surface area contributed by atoms with Crippen molar-refractivity contribution in [2.75, 3.05) is 23.9 Å². The first-order valence-electron chi connectivity index (χ1n) is 13.6. The molecule has 39 heavy (non-hydrogen) atoms. The monoisotopic (exact) mass is 555 g/mol. The summed E-state index contributed by atoms with van der Waals surface area (Å²) in [5.41, 5.74) is 2.84. The van der Waals surface area contributed by atoms with Crippen LogP contribution in [0.4, 0.5) is 5.82 Å². The molecule has 2 N–H and O–H groups in total. The lowest BCUT2D eigenvalue weighted by Gasteiger charge is -2.28. The molecule has 2 aromatic rings. The predicted octanol–water partition coefficient (Wildman–Crippen LogP) is 4.69. The van der Waals surface area contributed by atoms with Crippen molar-refractivity contribution in [3.8, 4) is 5.75 Å². The van der Waals surface area contributed by atoms with Gasteiger partial charge >= 0.3 is 0 Å². The van der Waals surface area contributed by atoms with Crippen LogP contribution in [-0.4, -0.2) is 55.8 Å². The number of Topliss-reactive ketones (excluding diaryl/α,β-unsaturated/α-hetero) is 1. The maximum atomic E-state index is 13.7. The maximum Gasteiger partial charge on any atom is 0.220 e. The lowest BCUT2D eigenvalue weighted by molar-refractivity contribution is -0.129. The number of ether oxygens (including phenoxy) is 1. The fraction of sp³-hybridized carbons (Fsp3) is 0.500. The molecule has 2 heterocycles. The molecule has 1 saturated heterocycles. The number of pyridine rings is 1.